The van der Waals surface area contributed by atoms with E-state index in [1.54, 1.807) is 24.4 Å². The van der Waals surface area contributed by atoms with Crippen LogP contribution in [-0.4, -0.2) is 27.7 Å². The van der Waals surface area contributed by atoms with E-state index >= 15 is 0 Å². The molecule has 3 aromatic rings. The Balaban J connectivity index is 2.13. The SMILES string of the molecule is CNC(=O)c1cc(Cl)cc(Cl)c1-c1ccn(-c2ncc(Cl)cc2Cl)n1. The van der Waals surface area contributed by atoms with Crippen LogP contribution in [0.3, 0.4) is 0 Å². The zero-order valence-corrected chi connectivity index (χ0v) is 15.7. The molecular weight excluding hydrogens is 406 g/mol. The second kappa shape index (κ2) is 7.22. The van der Waals surface area contributed by atoms with E-state index in [2.05, 4.69) is 15.4 Å². The number of amides is 1. The van der Waals surface area contributed by atoms with Crippen molar-refractivity contribution in [3.63, 3.8) is 0 Å². The van der Waals surface area contributed by atoms with E-state index < -0.39 is 0 Å². The normalized spacial score (nSPS) is 10.8. The molecule has 1 N–H and O–H groups in total. The number of rotatable bonds is 3. The van der Waals surface area contributed by atoms with Crippen LogP contribution in [0.4, 0.5) is 0 Å². The van der Waals surface area contributed by atoms with Gasteiger partial charge in [-0.2, -0.15) is 5.10 Å². The molecule has 0 bridgehead atoms. The van der Waals surface area contributed by atoms with Crippen molar-refractivity contribution in [2.75, 3.05) is 7.05 Å². The minimum absolute atomic E-state index is 0.312. The number of hydrogen-bond donors (Lipinski definition) is 1. The summed E-state index contributed by atoms with van der Waals surface area (Å²) in [5, 5.41) is 8.42. The average molecular weight is 416 g/mol. The number of nitrogens with zero attached hydrogens (tertiary/aromatic N) is 3. The van der Waals surface area contributed by atoms with E-state index in [-0.39, 0.29) is 5.91 Å². The average Bonchev–Trinajstić information content (AvgIpc) is 3.02. The molecule has 2 aromatic heterocycles. The number of aromatic nitrogens is 3. The van der Waals surface area contributed by atoms with Crippen molar-refractivity contribution in [1.29, 1.82) is 0 Å². The van der Waals surface area contributed by atoms with Gasteiger partial charge in [0, 0.05) is 30.0 Å². The second-order valence-corrected chi connectivity index (χ2v) is 6.68. The molecule has 0 aliphatic carbocycles. The predicted molar refractivity (Wildman–Crippen MR) is 100 cm³/mol. The Hall–Kier alpha value is -1.79. The van der Waals surface area contributed by atoms with Crippen molar-refractivity contribution in [1.82, 2.24) is 20.1 Å². The highest BCUT2D eigenvalue weighted by Crippen LogP contribution is 2.34. The van der Waals surface area contributed by atoms with Crippen molar-refractivity contribution in [3.05, 3.63) is 62.3 Å². The molecule has 0 aliphatic rings. The van der Waals surface area contributed by atoms with Gasteiger partial charge in [0.15, 0.2) is 5.82 Å². The quantitative estimate of drug-likeness (QED) is 0.661. The monoisotopic (exact) mass is 414 g/mol. The molecule has 2 heterocycles. The molecule has 5 nitrogen and oxygen atoms in total. The predicted octanol–water partition coefficient (Wildman–Crippen LogP) is 4.91. The molecule has 0 atom stereocenters. The summed E-state index contributed by atoms with van der Waals surface area (Å²) < 4.78 is 1.48. The van der Waals surface area contributed by atoms with E-state index in [4.69, 9.17) is 46.4 Å². The summed E-state index contributed by atoms with van der Waals surface area (Å²) in [6, 6.07) is 6.36. The number of nitrogens with one attached hydrogen (secondary N) is 1. The first kappa shape index (κ1) is 18.0. The van der Waals surface area contributed by atoms with Crippen molar-refractivity contribution in [3.8, 4) is 17.1 Å². The summed E-state index contributed by atoms with van der Waals surface area (Å²) in [5.41, 5.74) is 1.27. The Labute approximate surface area is 163 Å². The number of hydrogen-bond acceptors (Lipinski definition) is 3. The highest BCUT2D eigenvalue weighted by Gasteiger charge is 2.19. The summed E-state index contributed by atoms with van der Waals surface area (Å²) in [6.07, 6.45) is 3.13. The fourth-order valence-electron chi connectivity index (χ4n) is 2.30. The van der Waals surface area contributed by atoms with Gasteiger partial charge in [-0.15, -0.1) is 0 Å². The Kier molecular flexibility index (Phi) is 5.20. The van der Waals surface area contributed by atoms with E-state index in [0.29, 0.717) is 42.7 Å². The van der Waals surface area contributed by atoms with Crippen LogP contribution < -0.4 is 5.32 Å². The molecule has 9 heteroatoms. The van der Waals surface area contributed by atoms with E-state index in [0.717, 1.165) is 0 Å². The Morgan fingerprint density at radius 2 is 1.80 bits per heavy atom. The van der Waals surface area contributed by atoms with Gasteiger partial charge in [0.25, 0.3) is 5.91 Å². The van der Waals surface area contributed by atoms with Crippen LogP contribution >= 0.6 is 46.4 Å². The standard InChI is InChI=1S/C16H10Cl4N4O/c1-21-16(25)10-4-8(17)5-11(19)14(10)13-2-3-24(23-13)15-12(20)6-9(18)7-22-15/h2-7H,1H3,(H,21,25). The van der Waals surface area contributed by atoms with E-state index in [1.807, 2.05) is 0 Å². The molecule has 3 rings (SSSR count). The maximum absolute atomic E-state index is 12.2. The molecule has 0 radical (unpaired) electrons. The van der Waals surface area contributed by atoms with Crippen molar-refractivity contribution in [2.45, 2.75) is 0 Å². The fraction of sp³-hybridized carbons (Fsp3) is 0.0625. The topological polar surface area (TPSA) is 59.8 Å². The van der Waals surface area contributed by atoms with Crippen LogP contribution in [0.25, 0.3) is 17.1 Å². The third-order valence-corrected chi connectivity index (χ3v) is 4.38. The van der Waals surface area contributed by atoms with Gasteiger partial charge in [-0.3, -0.25) is 4.79 Å². The van der Waals surface area contributed by atoms with Crippen molar-refractivity contribution < 1.29 is 4.79 Å². The molecule has 0 saturated carbocycles. The largest absolute Gasteiger partial charge is 0.355 e. The van der Waals surface area contributed by atoms with Gasteiger partial charge in [-0.25, -0.2) is 9.67 Å². The van der Waals surface area contributed by atoms with Gasteiger partial charge < -0.3 is 5.32 Å². The summed E-state index contributed by atoms with van der Waals surface area (Å²) >= 11 is 24.3. The van der Waals surface area contributed by atoms with E-state index in [1.165, 1.54) is 24.0 Å². The van der Waals surface area contributed by atoms with Crippen molar-refractivity contribution >= 4 is 52.3 Å². The highest BCUT2D eigenvalue weighted by molar-refractivity contribution is 6.37. The molecule has 25 heavy (non-hydrogen) atoms. The van der Waals surface area contributed by atoms with Crippen LogP contribution in [0, 0.1) is 0 Å². The van der Waals surface area contributed by atoms with Gasteiger partial charge >= 0.3 is 0 Å². The lowest BCUT2D eigenvalue weighted by Gasteiger charge is -2.09. The highest BCUT2D eigenvalue weighted by atomic mass is 35.5. The summed E-state index contributed by atoms with van der Waals surface area (Å²) in [7, 11) is 1.52. The zero-order valence-electron chi connectivity index (χ0n) is 12.7. The number of benzene rings is 1. The van der Waals surface area contributed by atoms with Gasteiger partial charge in [-0.05, 0) is 24.3 Å². The second-order valence-electron chi connectivity index (χ2n) is 4.99. The number of carbonyl (C=O) groups excluding carboxylic acids is 1. The third kappa shape index (κ3) is 3.60. The number of carbonyl (C=O) groups is 1. The lowest BCUT2D eigenvalue weighted by molar-refractivity contribution is 0.0963. The lowest BCUT2D eigenvalue weighted by Crippen LogP contribution is -2.19. The molecule has 0 aliphatic heterocycles. The Morgan fingerprint density at radius 3 is 2.48 bits per heavy atom. The Morgan fingerprint density at radius 1 is 1.08 bits per heavy atom. The molecule has 1 aromatic carbocycles. The van der Waals surface area contributed by atoms with Crippen LogP contribution in [0.1, 0.15) is 10.4 Å². The Bertz CT molecular complexity index is 971. The van der Waals surface area contributed by atoms with Crippen LogP contribution in [0.15, 0.2) is 36.7 Å². The maximum Gasteiger partial charge on any atom is 0.251 e. The number of pyridine rings is 1. The summed E-state index contributed by atoms with van der Waals surface area (Å²) in [6.45, 7) is 0. The molecule has 0 unspecified atom stereocenters. The molecular formula is C16H10Cl4N4O. The molecule has 1 amide bonds. The first-order chi connectivity index (χ1) is 11.9. The van der Waals surface area contributed by atoms with Crippen LogP contribution in [0.5, 0.6) is 0 Å². The van der Waals surface area contributed by atoms with Crippen LogP contribution in [0.2, 0.25) is 20.1 Å². The van der Waals surface area contributed by atoms with Gasteiger partial charge in [-0.1, -0.05) is 46.4 Å². The smallest absolute Gasteiger partial charge is 0.251 e. The summed E-state index contributed by atoms with van der Waals surface area (Å²) in [5.74, 6) is 0.0838. The van der Waals surface area contributed by atoms with Gasteiger partial charge in [0.2, 0.25) is 0 Å². The first-order valence-corrected chi connectivity index (χ1v) is 8.50. The first-order valence-electron chi connectivity index (χ1n) is 6.99. The molecule has 0 spiro atoms. The summed E-state index contributed by atoms with van der Waals surface area (Å²) in [4.78, 5) is 16.3. The molecule has 0 fully saturated rings. The lowest BCUT2D eigenvalue weighted by atomic mass is 10.0. The fourth-order valence-corrected chi connectivity index (χ4v) is 3.36. The van der Waals surface area contributed by atoms with Gasteiger partial charge in [0.05, 0.1) is 26.3 Å². The molecule has 128 valence electrons. The molecule has 0 saturated heterocycles. The minimum atomic E-state index is -0.323. The maximum atomic E-state index is 12.2. The van der Waals surface area contributed by atoms with Crippen molar-refractivity contribution in [2.24, 2.45) is 0 Å². The minimum Gasteiger partial charge on any atom is -0.355 e. The van der Waals surface area contributed by atoms with Gasteiger partial charge in [0.1, 0.15) is 0 Å². The van der Waals surface area contributed by atoms with E-state index in [9.17, 15) is 4.79 Å². The number of halogens is 4. The van der Waals surface area contributed by atoms with Crippen LogP contribution in [-0.2, 0) is 0 Å². The third-order valence-electron chi connectivity index (χ3n) is 3.38. The zero-order chi connectivity index (χ0) is 18.1.